The number of nitrogens with zero attached hydrogens (tertiary/aromatic N) is 2. The summed E-state index contributed by atoms with van der Waals surface area (Å²) in [4.78, 5) is 43.1. The van der Waals surface area contributed by atoms with Gasteiger partial charge in [0.2, 0.25) is 17.7 Å². The summed E-state index contributed by atoms with van der Waals surface area (Å²) in [6.45, 7) is 4.51. The van der Waals surface area contributed by atoms with Crippen LogP contribution in [-0.4, -0.2) is 70.3 Å². The molecule has 5 aliphatic rings. The van der Waals surface area contributed by atoms with Gasteiger partial charge in [-0.05, 0) is 39.5 Å². The zero-order chi connectivity index (χ0) is 25.1. The Morgan fingerprint density at radius 2 is 1.94 bits per heavy atom. The summed E-state index contributed by atoms with van der Waals surface area (Å²) in [6, 6.07) is 0.862. The number of nitrogens with one attached hydrogen (secondary N) is 2. The Kier molecular flexibility index (Phi) is 5.71. The first kappa shape index (κ1) is 23.7. The number of carbonyl (C=O) groups excluding carboxylic acids is 3. The van der Waals surface area contributed by atoms with E-state index in [4.69, 9.17) is 14.0 Å². The summed E-state index contributed by atoms with van der Waals surface area (Å²) in [5, 5.41) is 9.87. The van der Waals surface area contributed by atoms with Gasteiger partial charge in [0.15, 0.2) is 5.82 Å². The first-order chi connectivity index (χ1) is 17.3. The second-order valence-electron chi connectivity index (χ2n) is 11.1. The van der Waals surface area contributed by atoms with E-state index in [1.165, 1.54) is 6.42 Å². The molecule has 6 rings (SSSR count). The molecule has 10 nitrogen and oxygen atoms in total. The molecule has 1 aromatic rings. The minimum Gasteiger partial charge on any atom is -0.376 e. The third-order valence-corrected chi connectivity index (χ3v) is 8.58. The largest absolute Gasteiger partial charge is 0.376 e. The molecule has 6 atom stereocenters. The van der Waals surface area contributed by atoms with Crippen molar-refractivity contribution in [1.29, 1.82) is 0 Å². The average molecular weight is 499 g/mol. The number of aromatic nitrogens is 1. The Labute approximate surface area is 210 Å². The molecule has 0 unspecified atom stereocenters. The highest BCUT2D eigenvalue weighted by Crippen LogP contribution is 2.60. The number of carbonyl (C=O) groups is 3. The van der Waals surface area contributed by atoms with E-state index in [2.05, 4.69) is 15.8 Å². The van der Waals surface area contributed by atoms with Crippen molar-refractivity contribution in [2.24, 2.45) is 11.8 Å². The number of ether oxygens (including phenoxy) is 2. The molecule has 2 N–H and O–H groups in total. The predicted molar refractivity (Wildman–Crippen MR) is 128 cm³/mol. The van der Waals surface area contributed by atoms with Crippen LogP contribution in [0.1, 0.15) is 57.6 Å². The van der Waals surface area contributed by atoms with Gasteiger partial charge in [0.1, 0.15) is 17.4 Å². The van der Waals surface area contributed by atoms with Crippen LogP contribution >= 0.6 is 0 Å². The highest BCUT2D eigenvalue weighted by atomic mass is 16.5. The van der Waals surface area contributed by atoms with Gasteiger partial charge in [-0.3, -0.25) is 14.4 Å². The monoisotopic (exact) mass is 498 g/mol. The van der Waals surface area contributed by atoms with Crippen molar-refractivity contribution in [1.82, 2.24) is 15.4 Å². The summed E-state index contributed by atoms with van der Waals surface area (Å²) in [5.41, 5.74) is -2.21. The summed E-state index contributed by atoms with van der Waals surface area (Å²) in [6.07, 6.45) is 10.5. The van der Waals surface area contributed by atoms with E-state index in [0.717, 1.165) is 38.5 Å². The van der Waals surface area contributed by atoms with Gasteiger partial charge in [-0.1, -0.05) is 36.6 Å². The van der Waals surface area contributed by atoms with E-state index in [0.29, 0.717) is 18.9 Å². The molecule has 36 heavy (non-hydrogen) atoms. The Bertz CT molecular complexity index is 1090. The molecule has 4 aliphatic heterocycles. The molecule has 10 heteroatoms. The zero-order valence-corrected chi connectivity index (χ0v) is 20.8. The van der Waals surface area contributed by atoms with E-state index >= 15 is 0 Å². The molecule has 1 aromatic heterocycles. The molecule has 3 saturated heterocycles. The lowest BCUT2D eigenvalue weighted by Gasteiger charge is -2.35. The van der Waals surface area contributed by atoms with Crippen molar-refractivity contribution in [2.45, 2.75) is 88.2 Å². The van der Waals surface area contributed by atoms with Crippen LogP contribution in [0, 0.1) is 18.8 Å². The molecule has 194 valence electrons. The number of fused-ring (bicyclic) bond motifs is 1. The third kappa shape index (κ3) is 3.68. The average Bonchev–Trinajstić information content (AvgIpc) is 3.64. The number of rotatable bonds is 6. The lowest BCUT2D eigenvalue weighted by Crippen LogP contribution is -2.57. The van der Waals surface area contributed by atoms with Crippen LogP contribution in [0.15, 0.2) is 22.7 Å². The van der Waals surface area contributed by atoms with Crippen LogP contribution in [0.25, 0.3) is 0 Å². The van der Waals surface area contributed by atoms with Crippen molar-refractivity contribution in [3.63, 3.8) is 0 Å². The summed E-state index contributed by atoms with van der Waals surface area (Å²) >= 11 is 0. The summed E-state index contributed by atoms with van der Waals surface area (Å²) < 4.78 is 17.5. The Morgan fingerprint density at radius 3 is 2.64 bits per heavy atom. The van der Waals surface area contributed by atoms with Crippen molar-refractivity contribution in [2.75, 3.05) is 18.5 Å². The van der Waals surface area contributed by atoms with Gasteiger partial charge in [0, 0.05) is 25.3 Å². The molecular weight excluding hydrogens is 464 g/mol. The predicted octanol–water partition coefficient (Wildman–Crippen LogP) is 2.09. The topological polar surface area (TPSA) is 123 Å². The number of hydrogen-bond donors (Lipinski definition) is 2. The van der Waals surface area contributed by atoms with Crippen molar-refractivity contribution in [3.05, 3.63) is 24.0 Å². The van der Waals surface area contributed by atoms with E-state index in [9.17, 15) is 14.4 Å². The van der Waals surface area contributed by atoms with Gasteiger partial charge >= 0.3 is 0 Å². The van der Waals surface area contributed by atoms with Crippen molar-refractivity contribution >= 4 is 23.5 Å². The smallest absolute Gasteiger partial charge is 0.246 e. The molecule has 1 spiro atoms. The second kappa shape index (κ2) is 8.69. The molecule has 0 aromatic carbocycles. The van der Waals surface area contributed by atoms with E-state index in [-0.39, 0.29) is 35.7 Å². The van der Waals surface area contributed by atoms with Gasteiger partial charge in [-0.15, -0.1) is 0 Å². The van der Waals surface area contributed by atoms with Crippen LogP contribution < -0.4 is 10.6 Å². The van der Waals surface area contributed by atoms with Crippen LogP contribution in [0.4, 0.5) is 5.82 Å². The van der Waals surface area contributed by atoms with Crippen LogP contribution in [0.3, 0.4) is 0 Å². The Balaban J connectivity index is 1.33. The Morgan fingerprint density at radius 1 is 1.14 bits per heavy atom. The summed E-state index contributed by atoms with van der Waals surface area (Å²) in [7, 11) is 0. The molecule has 1 saturated carbocycles. The Hall–Kier alpha value is -2.72. The fourth-order valence-electron chi connectivity index (χ4n) is 6.99. The minimum atomic E-state index is -1.20. The number of amides is 3. The standard InChI is InChI=1S/C26H34N4O6/c1-15-13-18(29-35-15)28-22(31)19-20-24(33)30(14-17-9-6-12-34-17)21(26(20)11-10-25(19,2)36-26)23(32)27-16-7-4-3-5-8-16/h10-11,13,16-17,19-21H,3-9,12,14H2,1-2H3,(H,27,32)(H,28,29,31)/t17-,19+,20-,21-,25-,26-/m1/s1. The van der Waals surface area contributed by atoms with Crippen LogP contribution in [-0.2, 0) is 23.9 Å². The van der Waals surface area contributed by atoms with E-state index in [1.54, 1.807) is 17.9 Å². The highest BCUT2D eigenvalue weighted by molar-refractivity contribution is 6.03. The second-order valence-corrected chi connectivity index (χ2v) is 11.1. The van der Waals surface area contributed by atoms with Crippen LogP contribution in [0.5, 0.6) is 0 Å². The van der Waals surface area contributed by atoms with Gasteiger partial charge in [-0.25, -0.2) is 0 Å². The maximum Gasteiger partial charge on any atom is 0.246 e. The number of anilines is 1. The normalized spacial score (nSPS) is 37.5. The highest BCUT2D eigenvalue weighted by Gasteiger charge is 2.76. The number of likely N-dealkylation sites (tertiary alicyclic amines) is 1. The van der Waals surface area contributed by atoms with E-state index in [1.807, 2.05) is 19.1 Å². The van der Waals surface area contributed by atoms with Gasteiger partial charge < -0.3 is 29.5 Å². The number of aryl methyl sites for hydroxylation is 1. The molecule has 2 bridgehead atoms. The van der Waals surface area contributed by atoms with Gasteiger partial charge in [0.05, 0.1) is 23.5 Å². The minimum absolute atomic E-state index is 0.0917. The van der Waals surface area contributed by atoms with Gasteiger partial charge in [0.25, 0.3) is 0 Å². The first-order valence-electron chi connectivity index (χ1n) is 13.2. The molecule has 4 fully saturated rings. The quantitative estimate of drug-likeness (QED) is 0.576. The fraction of sp³-hybridized carbons (Fsp3) is 0.692. The maximum atomic E-state index is 14.0. The van der Waals surface area contributed by atoms with Gasteiger partial charge in [-0.2, -0.15) is 0 Å². The SMILES string of the molecule is Cc1cc(NC(=O)[C@@H]2[C@@H]3C(=O)N(C[C@H]4CCCO4)[C@H](C(=O)NC4CCCCC4)[C@@]34C=C[C@@]2(C)O4)no1. The first-order valence-corrected chi connectivity index (χ1v) is 13.2. The summed E-state index contributed by atoms with van der Waals surface area (Å²) in [5.74, 6) is -1.60. The fourth-order valence-corrected chi connectivity index (χ4v) is 6.99. The molecule has 1 aliphatic carbocycles. The lowest BCUT2D eigenvalue weighted by molar-refractivity contribution is -0.145. The van der Waals surface area contributed by atoms with Crippen molar-refractivity contribution < 1.29 is 28.4 Å². The molecule has 0 radical (unpaired) electrons. The van der Waals surface area contributed by atoms with E-state index < -0.39 is 29.1 Å². The van der Waals surface area contributed by atoms with Crippen LogP contribution in [0.2, 0.25) is 0 Å². The van der Waals surface area contributed by atoms with Crippen molar-refractivity contribution in [3.8, 4) is 0 Å². The lowest BCUT2D eigenvalue weighted by atomic mass is 9.70. The zero-order valence-electron chi connectivity index (χ0n) is 20.8. The maximum absolute atomic E-state index is 14.0. The number of hydrogen-bond acceptors (Lipinski definition) is 7. The molecule has 3 amide bonds. The molecular formula is C26H34N4O6. The molecule has 5 heterocycles. The third-order valence-electron chi connectivity index (χ3n) is 8.58.